The van der Waals surface area contributed by atoms with Crippen molar-refractivity contribution in [3.63, 3.8) is 0 Å². The summed E-state index contributed by atoms with van der Waals surface area (Å²) in [4.78, 5) is 18.7. The second-order valence-electron chi connectivity index (χ2n) is 8.71. The third-order valence-corrected chi connectivity index (χ3v) is 6.91. The Labute approximate surface area is 190 Å². The SMILES string of the molecule is CCOC(=O)C1CCC1C1CC(c2ccc(C)cc2C)N2C=C(C(F)(F)F)C=C(Cl)C2=N1. The van der Waals surface area contributed by atoms with E-state index in [-0.39, 0.29) is 34.9 Å². The molecule has 2 heterocycles. The van der Waals surface area contributed by atoms with Gasteiger partial charge >= 0.3 is 12.1 Å². The summed E-state index contributed by atoms with van der Waals surface area (Å²) in [5, 5.41) is -0.0358. The van der Waals surface area contributed by atoms with Gasteiger partial charge in [0.05, 0.1) is 35.2 Å². The van der Waals surface area contributed by atoms with Crippen LogP contribution in [-0.2, 0) is 9.53 Å². The van der Waals surface area contributed by atoms with Gasteiger partial charge in [0.15, 0.2) is 0 Å². The van der Waals surface area contributed by atoms with Crippen LogP contribution in [0.25, 0.3) is 0 Å². The number of halogens is 4. The zero-order valence-electron chi connectivity index (χ0n) is 18.2. The fourth-order valence-electron chi connectivity index (χ4n) is 4.92. The molecule has 32 heavy (non-hydrogen) atoms. The molecule has 1 aromatic carbocycles. The normalized spacial score (nSPS) is 27.6. The highest BCUT2D eigenvalue weighted by Crippen LogP contribution is 2.47. The van der Waals surface area contributed by atoms with Crippen LogP contribution in [0.1, 0.15) is 48.9 Å². The summed E-state index contributed by atoms with van der Waals surface area (Å²) in [5.74, 6) is -0.132. The van der Waals surface area contributed by atoms with Gasteiger partial charge in [0.25, 0.3) is 0 Å². The third kappa shape index (κ3) is 4.19. The zero-order valence-corrected chi connectivity index (χ0v) is 19.0. The van der Waals surface area contributed by atoms with E-state index in [1.807, 2.05) is 32.0 Å². The number of esters is 1. The van der Waals surface area contributed by atoms with Gasteiger partial charge in [-0.15, -0.1) is 0 Å². The molecule has 1 aromatic rings. The number of benzene rings is 1. The van der Waals surface area contributed by atoms with Crippen LogP contribution >= 0.6 is 11.6 Å². The van der Waals surface area contributed by atoms with Gasteiger partial charge in [0.1, 0.15) is 5.84 Å². The molecule has 8 heteroatoms. The fraction of sp³-hybridized carbons (Fsp3) is 0.500. The number of rotatable bonds is 4. The van der Waals surface area contributed by atoms with Gasteiger partial charge < -0.3 is 9.64 Å². The summed E-state index contributed by atoms with van der Waals surface area (Å²) in [6.07, 6.45) is -0.408. The molecule has 0 radical (unpaired) electrons. The van der Waals surface area contributed by atoms with E-state index in [2.05, 4.69) is 0 Å². The van der Waals surface area contributed by atoms with Crippen LogP contribution in [0.4, 0.5) is 13.2 Å². The first-order chi connectivity index (χ1) is 15.1. The number of nitrogens with zero attached hydrogens (tertiary/aromatic N) is 2. The average Bonchev–Trinajstić information content (AvgIpc) is 2.66. The van der Waals surface area contributed by atoms with Crippen LogP contribution in [0.2, 0.25) is 0 Å². The lowest BCUT2D eigenvalue weighted by molar-refractivity contribution is -0.155. The van der Waals surface area contributed by atoms with Crippen molar-refractivity contribution in [1.82, 2.24) is 4.90 Å². The van der Waals surface area contributed by atoms with E-state index < -0.39 is 11.7 Å². The van der Waals surface area contributed by atoms with Crippen molar-refractivity contribution in [2.24, 2.45) is 16.8 Å². The van der Waals surface area contributed by atoms with Gasteiger partial charge in [0, 0.05) is 6.20 Å². The maximum Gasteiger partial charge on any atom is 0.417 e. The first-order valence-corrected chi connectivity index (χ1v) is 11.2. The van der Waals surface area contributed by atoms with Crippen molar-refractivity contribution in [3.05, 3.63) is 57.8 Å². The van der Waals surface area contributed by atoms with Crippen LogP contribution in [0.15, 0.2) is 46.1 Å². The first kappa shape index (κ1) is 22.9. The molecule has 4 nitrogen and oxygen atoms in total. The highest BCUT2D eigenvalue weighted by atomic mass is 35.5. The molecule has 0 bridgehead atoms. The van der Waals surface area contributed by atoms with Crippen molar-refractivity contribution in [2.45, 2.75) is 58.3 Å². The summed E-state index contributed by atoms with van der Waals surface area (Å²) < 4.78 is 45.8. The zero-order chi connectivity index (χ0) is 23.2. The molecule has 3 aliphatic rings. The molecule has 4 rings (SSSR count). The van der Waals surface area contributed by atoms with Gasteiger partial charge in [-0.3, -0.25) is 9.79 Å². The Kier molecular flexibility index (Phi) is 6.14. The summed E-state index contributed by atoms with van der Waals surface area (Å²) in [6, 6.07) is 5.36. The highest BCUT2D eigenvalue weighted by Gasteiger charge is 2.47. The fourth-order valence-corrected chi connectivity index (χ4v) is 5.18. The molecule has 0 spiro atoms. The number of aliphatic imine (C=N–C) groups is 1. The monoisotopic (exact) mass is 466 g/mol. The molecule has 172 valence electrons. The van der Waals surface area contributed by atoms with Gasteiger partial charge in [-0.1, -0.05) is 35.4 Å². The number of aryl methyl sites for hydroxylation is 2. The molecular formula is C24H26ClF3N2O2. The average molecular weight is 467 g/mol. The number of hydrogen-bond acceptors (Lipinski definition) is 4. The molecule has 1 aliphatic carbocycles. The lowest BCUT2D eigenvalue weighted by Crippen LogP contribution is -2.47. The molecule has 2 aliphatic heterocycles. The third-order valence-electron chi connectivity index (χ3n) is 6.63. The van der Waals surface area contributed by atoms with E-state index in [1.54, 1.807) is 11.8 Å². The number of fused-ring (bicyclic) bond motifs is 1. The predicted octanol–water partition coefficient (Wildman–Crippen LogP) is 5.99. The van der Waals surface area contributed by atoms with Crippen LogP contribution in [0, 0.1) is 25.7 Å². The number of carbonyl (C=O) groups excluding carboxylic acids is 1. The lowest BCUT2D eigenvalue weighted by Gasteiger charge is -2.46. The largest absolute Gasteiger partial charge is 0.466 e. The minimum Gasteiger partial charge on any atom is -0.466 e. The van der Waals surface area contributed by atoms with E-state index in [9.17, 15) is 18.0 Å². The van der Waals surface area contributed by atoms with Crippen LogP contribution in [-0.4, -0.2) is 35.5 Å². The lowest BCUT2D eigenvalue weighted by atomic mass is 9.67. The topological polar surface area (TPSA) is 41.9 Å². The number of alkyl halides is 3. The highest BCUT2D eigenvalue weighted by molar-refractivity contribution is 6.43. The Bertz CT molecular complexity index is 1010. The molecule has 0 saturated heterocycles. The van der Waals surface area contributed by atoms with Crippen LogP contribution in [0.5, 0.6) is 0 Å². The molecule has 0 aromatic heterocycles. The number of carbonyl (C=O) groups is 1. The number of hydrogen-bond donors (Lipinski definition) is 0. The van der Waals surface area contributed by atoms with Crippen molar-refractivity contribution >= 4 is 23.4 Å². The summed E-state index contributed by atoms with van der Waals surface area (Å²) in [7, 11) is 0. The quantitative estimate of drug-likeness (QED) is 0.512. The minimum atomic E-state index is -4.52. The minimum absolute atomic E-state index is 0.00517. The van der Waals surface area contributed by atoms with E-state index in [1.165, 1.54) is 0 Å². The van der Waals surface area contributed by atoms with Crippen molar-refractivity contribution in [3.8, 4) is 0 Å². The second kappa shape index (κ2) is 8.58. The number of allylic oxidation sites excluding steroid dienone is 2. The van der Waals surface area contributed by atoms with Gasteiger partial charge in [-0.25, -0.2) is 0 Å². The van der Waals surface area contributed by atoms with Crippen LogP contribution < -0.4 is 0 Å². The van der Waals surface area contributed by atoms with Crippen molar-refractivity contribution in [1.29, 1.82) is 0 Å². The molecule has 0 N–H and O–H groups in total. The number of ether oxygens (including phenoxy) is 1. The Morgan fingerprint density at radius 1 is 1.28 bits per heavy atom. The molecule has 4 unspecified atom stereocenters. The summed E-state index contributed by atoms with van der Waals surface area (Å²) >= 11 is 6.34. The Morgan fingerprint density at radius 2 is 2.03 bits per heavy atom. The van der Waals surface area contributed by atoms with E-state index >= 15 is 0 Å². The van der Waals surface area contributed by atoms with Gasteiger partial charge in [-0.2, -0.15) is 13.2 Å². The summed E-state index contributed by atoms with van der Waals surface area (Å²) in [6.45, 7) is 6.04. The maximum atomic E-state index is 13.5. The van der Waals surface area contributed by atoms with Crippen molar-refractivity contribution in [2.75, 3.05) is 6.61 Å². The standard InChI is InChI=1S/C24H26ClF3N2O2/c1-4-32-23(31)18-8-7-17(18)20-11-21(16-6-5-13(2)9-14(16)3)30-12-15(24(26,27)28)10-19(25)22(30)29-20/h5-6,9-10,12,17-18,20-21H,4,7-8,11H2,1-3H3. The molecule has 0 amide bonds. The first-order valence-electron chi connectivity index (χ1n) is 10.9. The molecular weight excluding hydrogens is 441 g/mol. The molecule has 1 fully saturated rings. The van der Waals surface area contributed by atoms with E-state index in [0.717, 1.165) is 41.8 Å². The van der Waals surface area contributed by atoms with E-state index in [0.29, 0.717) is 18.9 Å². The van der Waals surface area contributed by atoms with E-state index in [4.69, 9.17) is 21.3 Å². The second-order valence-corrected chi connectivity index (χ2v) is 9.12. The Morgan fingerprint density at radius 3 is 2.62 bits per heavy atom. The molecule has 4 atom stereocenters. The van der Waals surface area contributed by atoms with Gasteiger partial charge in [-0.05, 0) is 63.2 Å². The van der Waals surface area contributed by atoms with Crippen LogP contribution in [0.3, 0.4) is 0 Å². The summed E-state index contributed by atoms with van der Waals surface area (Å²) in [5.41, 5.74) is 2.21. The van der Waals surface area contributed by atoms with Gasteiger partial charge in [0.2, 0.25) is 0 Å². The number of amidine groups is 1. The predicted molar refractivity (Wildman–Crippen MR) is 117 cm³/mol. The smallest absolute Gasteiger partial charge is 0.417 e. The van der Waals surface area contributed by atoms with Crippen molar-refractivity contribution < 1.29 is 22.7 Å². The Balaban J connectivity index is 1.75. The Hall–Kier alpha value is -2.28. The molecule has 1 saturated carbocycles. The maximum absolute atomic E-state index is 13.5.